The Morgan fingerprint density at radius 3 is 2.56 bits per heavy atom. The number of carbonyl (C=O) groups excluding carboxylic acids is 1. The van der Waals surface area contributed by atoms with Crippen LogP contribution < -0.4 is 14.8 Å². The van der Waals surface area contributed by atoms with Crippen molar-refractivity contribution in [1.29, 1.82) is 0 Å². The SMILES string of the molecule is COc1ccccc1Oc1ccccc1NC(=O)N1CCN2CCC[C@@H]2C1. The summed E-state index contributed by atoms with van der Waals surface area (Å²) in [5.41, 5.74) is 0.655. The van der Waals surface area contributed by atoms with E-state index < -0.39 is 0 Å². The third kappa shape index (κ3) is 3.85. The first-order valence-electron chi connectivity index (χ1n) is 9.44. The van der Waals surface area contributed by atoms with Crippen LogP contribution in [-0.2, 0) is 0 Å². The van der Waals surface area contributed by atoms with Gasteiger partial charge in [-0.25, -0.2) is 4.79 Å². The van der Waals surface area contributed by atoms with Gasteiger partial charge in [-0.3, -0.25) is 4.90 Å². The molecule has 0 radical (unpaired) electrons. The quantitative estimate of drug-likeness (QED) is 0.893. The van der Waals surface area contributed by atoms with E-state index in [2.05, 4.69) is 10.2 Å². The highest BCUT2D eigenvalue weighted by molar-refractivity contribution is 5.91. The van der Waals surface area contributed by atoms with Gasteiger partial charge in [-0.15, -0.1) is 0 Å². The standard InChI is InChI=1S/C21H25N3O3/c1-26-19-10-4-5-11-20(19)27-18-9-3-2-8-17(18)22-21(25)24-14-13-23-12-6-7-16(23)15-24/h2-5,8-11,16H,6-7,12-15H2,1H3,(H,22,25)/t16-/m1/s1. The third-order valence-corrected chi connectivity index (χ3v) is 5.29. The maximum Gasteiger partial charge on any atom is 0.322 e. The van der Waals surface area contributed by atoms with Gasteiger partial charge in [0, 0.05) is 25.7 Å². The van der Waals surface area contributed by atoms with Crippen molar-refractivity contribution in [2.45, 2.75) is 18.9 Å². The fraction of sp³-hybridized carbons (Fsp3) is 0.381. The second kappa shape index (κ2) is 7.88. The molecule has 2 aromatic carbocycles. The molecule has 2 heterocycles. The normalized spacial score (nSPS) is 19.4. The zero-order chi connectivity index (χ0) is 18.6. The monoisotopic (exact) mass is 367 g/mol. The maximum atomic E-state index is 12.8. The Morgan fingerprint density at radius 1 is 1.00 bits per heavy atom. The van der Waals surface area contributed by atoms with Gasteiger partial charge in [-0.05, 0) is 43.7 Å². The third-order valence-electron chi connectivity index (χ3n) is 5.29. The molecule has 6 nitrogen and oxygen atoms in total. The van der Waals surface area contributed by atoms with Gasteiger partial charge in [0.2, 0.25) is 0 Å². The molecule has 2 saturated heterocycles. The molecule has 1 atom stereocenters. The second-order valence-corrected chi connectivity index (χ2v) is 6.96. The first-order chi connectivity index (χ1) is 13.2. The number of rotatable bonds is 4. The summed E-state index contributed by atoms with van der Waals surface area (Å²) in [4.78, 5) is 17.2. The predicted molar refractivity (Wildman–Crippen MR) is 105 cm³/mol. The fourth-order valence-electron chi connectivity index (χ4n) is 3.85. The molecule has 1 N–H and O–H groups in total. The van der Waals surface area contributed by atoms with Crippen molar-refractivity contribution in [2.75, 3.05) is 38.6 Å². The molecule has 4 rings (SSSR count). The Kier molecular flexibility index (Phi) is 5.16. The summed E-state index contributed by atoms with van der Waals surface area (Å²) in [7, 11) is 1.61. The van der Waals surface area contributed by atoms with E-state index in [9.17, 15) is 4.79 Å². The molecule has 0 unspecified atom stereocenters. The number of hydrogen-bond acceptors (Lipinski definition) is 4. The Morgan fingerprint density at radius 2 is 1.74 bits per heavy atom. The topological polar surface area (TPSA) is 54.0 Å². The van der Waals surface area contributed by atoms with Crippen LogP contribution >= 0.6 is 0 Å². The molecule has 0 aliphatic carbocycles. The summed E-state index contributed by atoms with van der Waals surface area (Å²) in [6, 6.07) is 15.4. The van der Waals surface area contributed by atoms with Gasteiger partial charge in [-0.2, -0.15) is 0 Å². The first-order valence-corrected chi connectivity index (χ1v) is 9.44. The van der Waals surface area contributed by atoms with Gasteiger partial charge in [0.25, 0.3) is 0 Å². The summed E-state index contributed by atoms with van der Waals surface area (Å²) in [6.07, 6.45) is 2.41. The number of amides is 2. The minimum atomic E-state index is -0.0716. The van der Waals surface area contributed by atoms with Gasteiger partial charge >= 0.3 is 6.03 Å². The van der Waals surface area contributed by atoms with E-state index in [-0.39, 0.29) is 6.03 Å². The molecular weight excluding hydrogens is 342 g/mol. The Bertz CT molecular complexity index is 811. The van der Waals surface area contributed by atoms with Gasteiger partial charge in [-0.1, -0.05) is 24.3 Å². The minimum absolute atomic E-state index is 0.0716. The van der Waals surface area contributed by atoms with E-state index in [0.717, 1.165) is 26.2 Å². The van der Waals surface area contributed by atoms with Crippen LogP contribution in [0.4, 0.5) is 10.5 Å². The Hall–Kier alpha value is -2.73. The van der Waals surface area contributed by atoms with Crippen LogP contribution in [0.3, 0.4) is 0 Å². The molecule has 6 heteroatoms. The lowest BCUT2D eigenvalue weighted by atomic mass is 10.1. The van der Waals surface area contributed by atoms with E-state index in [1.54, 1.807) is 7.11 Å². The second-order valence-electron chi connectivity index (χ2n) is 6.96. The van der Waals surface area contributed by atoms with Crippen LogP contribution in [-0.4, -0.2) is 55.2 Å². The lowest BCUT2D eigenvalue weighted by Crippen LogP contribution is -2.53. The lowest BCUT2D eigenvalue weighted by Gasteiger charge is -2.37. The first kappa shape index (κ1) is 17.7. The molecule has 0 aromatic heterocycles. The van der Waals surface area contributed by atoms with E-state index in [1.165, 1.54) is 12.8 Å². The number of hydrogen-bond donors (Lipinski definition) is 1. The van der Waals surface area contributed by atoms with Crippen LogP contribution in [0.5, 0.6) is 17.2 Å². The van der Waals surface area contributed by atoms with Crippen LogP contribution in [0.2, 0.25) is 0 Å². The molecule has 2 amide bonds. The number of para-hydroxylation sites is 4. The van der Waals surface area contributed by atoms with E-state index in [1.807, 2.05) is 53.4 Å². The number of urea groups is 1. The van der Waals surface area contributed by atoms with Crippen molar-refractivity contribution >= 4 is 11.7 Å². The van der Waals surface area contributed by atoms with Gasteiger partial charge in [0.1, 0.15) is 0 Å². The van der Waals surface area contributed by atoms with E-state index >= 15 is 0 Å². The highest BCUT2D eigenvalue weighted by Gasteiger charge is 2.32. The van der Waals surface area contributed by atoms with Crippen LogP contribution in [0.1, 0.15) is 12.8 Å². The molecular formula is C21H25N3O3. The van der Waals surface area contributed by atoms with Gasteiger partial charge in [0.15, 0.2) is 17.2 Å². The summed E-state index contributed by atoms with van der Waals surface area (Å²) in [6.45, 7) is 3.67. The predicted octanol–water partition coefficient (Wildman–Crippen LogP) is 3.80. The number of nitrogens with zero attached hydrogens (tertiary/aromatic N) is 2. The van der Waals surface area contributed by atoms with Crippen molar-refractivity contribution in [3.8, 4) is 17.2 Å². The maximum absolute atomic E-state index is 12.8. The summed E-state index contributed by atoms with van der Waals surface area (Å²) < 4.78 is 11.4. The van der Waals surface area contributed by atoms with E-state index in [4.69, 9.17) is 9.47 Å². The molecule has 27 heavy (non-hydrogen) atoms. The number of benzene rings is 2. The van der Waals surface area contributed by atoms with Crippen molar-refractivity contribution < 1.29 is 14.3 Å². The Balaban J connectivity index is 1.47. The van der Waals surface area contributed by atoms with E-state index in [0.29, 0.717) is 29.0 Å². The highest BCUT2D eigenvalue weighted by Crippen LogP contribution is 2.35. The number of anilines is 1. The molecule has 2 aliphatic heterocycles. The molecule has 0 spiro atoms. The lowest BCUT2D eigenvalue weighted by molar-refractivity contribution is 0.124. The largest absolute Gasteiger partial charge is 0.493 e. The smallest absolute Gasteiger partial charge is 0.322 e. The highest BCUT2D eigenvalue weighted by atomic mass is 16.5. The number of ether oxygens (including phenoxy) is 2. The summed E-state index contributed by atoms with van der Waals surface area (Å²) >= 11 is 0. The average molecular weight is 367 g/mol. The molecule has 142 valence electrons. The molecule has 2 aromatic rings. The average Bonchev–Trinajstić information content (AvgIpc) is 3.17. The number of piperazine rings is 1. The van der Waals surface area contributed by atoms with Crippen molar-refractivity contribution in [3.63, 3.8) is 0 Å². The summed E-state index contributed by atoms with van der Waals surface area (Å²) in [5, 5.41) is 3.02. The zero-order valence-electron chi connectivity index (χ0n) is 15.6. The molecule has 0 bridgehead atoms. The molecule has 2 aliphatic rings. The van der Waals surface area contributed by atoms with Crippen molar-refractivity contribution in [1.82, 2.24) is 9.80 Å². The van der Waals surface area contributed by atoms with Crippen LogP contribution in [0, 0.1) is 0 Å². The minimum Gasteiger partial charge on any atom is -0.493 e. The van der Waals surface area contributed by atoms with Gasteiger partial charge < -0.3 is 19.7 Å². The molecule has 2 fully saturated rings. The number of carbonyl (C=O) groups is 1. The summed E-state index contributed by atoms with van der Waals surface area (Å²) in [5.74, 6) is 1.85. The number of fused-ring (bicyclic) bond motifs is 1. The zero-order valence-corrected chi connectivity index (χ0v) is 15.6. The van der Waals surface area contributed by atoms with Gasteiger partial charge in [0.05, 0.1) is 12.8 Å². The molecule has 0 saturated carbocycles. The number of nitrogens with one attached hydrogen (secondary N) is 1. The Labute approximate surface area is 159 Å². The van der Waals surface area contributed by atoms with Crippen LogP contribution in [0.25, 0.3) is 0 Å². The van der Waals surface area contributed by atoms with Crippen LogP contribution in [0.15, 0.2) is 48.5 Å². The van der Waals surface area contributed by atoms with Crippen molar-refractivity contribution in [2.24, 2.45) is 0 Å². The fourth-order valence-corrected chi connectivity index (χ4v) is 3.85. The van der Waals surface area contributed by atoms with Crippen molar-refractivity contribution in [3.05, 3.63) is 48.5 Å². The number of methoxy groups -OCH3 is 1.